The number of carbonyl (C=O) groups excluding carboxylic acids is 2. The highest BCUT2D eigenvalue weighted by molar-refractivity contribution is 9.10. The number of anilines is 1. The van der Waals surface area contributed by atoms with Crippen molar-refractivity contribution >= 4 is 44.3 Å². The van der Waals surface area contributed by atoms with Gasteiger partial charge in [0.25, 0.3) is 5.91 Å². The fourth-order valence-corrected chi connectivity index (χ4v) is 3.08. The largest absolute Gasteiger partial charge is 0.445 e. The zero-order chi connectivity index (χ0) is 15.0. The summed E-state index contributed by atoms with van der Waals surface area (Å²) in [5.74, 6) is -0.867. The molecule has 1 aliphatic heterocycles. The minimum atomic E-state index is -1.23. The topological polar surface area (TPSA) is 68.3 Å². The van der Waals surface area contributed by atoms with E-state index in [0.717, 1.165) is 10.0 Å². The summed E-state index contributed by atoms with van der Waals surface area (Å²) in [4.78, 5) is 28.5. The summed E-state index contributed by atoms with van der Waals surface area (Å²) in [7, 11) is 0. The van der Waals surface area contributed by atoms with Crippen LogP contribution >= 0.6 is 27.3 Å². The number of cyclic esters (lactones) is 1. The van der Waals surface area contributed by atoms with Crippen molar-refractivity contribution < 1.29 is 14.3 Å². The zero-order valence-electron chi connectivity index (χ0n) is 11.1. The molecule has 1 aromatic carbocycles. The second-order valence-electron chi connectivity index (χ2n) is 4.89. The SMILES string of the molecule is C[C@@]1(C(=O)Nc2nccs2)Cc2ccc(Br)cc2C(=O)O1. The Labute approximate surface area is 133 Å². The average Bonchev–Trinajstić information content (AvgIpc) is 2.92. The minimum Gasteiger partial charge on any atom is -0.445 e. The number of nitrogens with zero attached hydrogens (tertiary/aromatic N) is 1. The van der Waals surface area contributed by atoms with Crippen molar-refractivity contribution in [2.75, 3.05) is 5.32 Å². The molecule has 3 rings (SSSR count). The summed E-state index contributed by atoms with van der Waals surface area (Å²) in [6.45, 7) is 1.61. The van der Waals surface area contributed by atoms with Crippen molar-refractivity contribution in [2.45, 2.75) is 18.9 Å². The van der Waals surface area contributed by atoms with E-state index in [4.69, 9.17) is 4.74 Å². The highest BCUT2D eigenvalue weighted by Gasteiger charge is 2.43. The van der Waals surface area contributed by atoms with E-state index in [2.05, 4.69) is 26.2 Å². The van der Waals surface area contributed by atoms with Gasteiger partial charge in [-0.05, 0) is 24.6 Å². The van der Waals surface area contributed by atoms with Crippen LogP contribution in [0.1, 0.15) is 22.8 Å². The Bertz CT molecular complexity index is 717. The molecule has 1 atom stereocenters. The Balaban J connectivity index is 1.88. The normalized spacial score (nSPS) is 20.6. The lowest BCUT2D eigenvalue weighted by Gasteiger charge is -2.32. The van der Waals surface area contributed by atoms with Crippen LogP contribution in [0.4, 0.5) is 5.13 Å². The zero-order valence-corrected chi connectivity index (χ0v) is 13.5. The molecule has 0 aliphatic carbocycles. The molecule has 2 heterocycles. The first-order valence-corrected chi connectivity index (χ1v) is 7.88. The van der Waals surface area contributed by atoms with E-state index in [9.17, 15) is 9.59 Å². The minimum absolute atomic E-state index is 0.332. The van der Waals surface area contributed by atoms with Crippen LogP contribution < -0.4 is 5.32 Å². The van der Waals surface area contributed by atoms with Gasteiger partial charge in [-0.1, -0.05) is 22.0 Å². The summed E-state index contributed by atoms with van der Waals surface area (Å²) in [5, 5.41) is 4.92. The number of carbonyl (C=O) groups is 2. The molecule has 0 fully saturated rings. The number of hydrogen-bond donors (Lipinski definition) is 1. The van der Waals surface area contributed by atoms with Crippen LogP contribution in [0.2, 0.25) is 0 Å². The fourth-order valence-electron chi connectivity index (χ4n) is 2.19. The predicted octanol–water partition coefficient (Wildman–Crippen LogP) is 3.02. The molecule has 0 bridgehead atoms. The first kappa shape index (κ1) is 14.2. The molecule has 1 N–H and O–H groups in total. The smallest absolute Gasteiger partial charge is 0.339 e. The number of hydrogen-bond acceptors (Lipinski definition) is 5. The van der Waals surface area contributed by atoms with E-state index in [0.29, 0.717) is 17.1 Å². The van der Waals surface area contributed by atoms with Crippen molar-refractivity contribution in [2.24, 2.45) is 0 Å². The van der Waals surface area contributed by atoms with Crippen molar-refractivity contribution in [3.63, 3.8) is 0 Å². The highest BCUT2D eigenvalue weighted by Crippen LogP contribution is 2.31. The maximum atomic E-state index is 12.4. The third-order valence-corrected chi connectivity index (χ3v) is 4.45. The van der Waals surface area contributed by atoms with Crippen molar-refractivity contribution in [1.29, 1.82) is 0 Å². The molecule has 21 heavy (non-hydrogen) atoms. The van der Waals surface area contributed by atoms with Crippen molar-refractivity contribution in [1.82, 2.24) is 4.98 Å². The van der Waals surface area contributed by atoms with Crippen molar-refractivity contribution in [3.05, 3.63) is 45.4 Å². The van der Waals surface area contributed by atoms with E-state index < -0.39 is 11.6 Å². The van der Waals surface area contributed by atoms with Gasteiger partial charge in [0.05, 0.1) is 5.56 Å². The van der Waals surface area contributed by atoms with Crippen LogP contribution in [-0.2, 0) is 16.0 Å². The Morgan fingerprint density at radius 1 is 1.52 bits per heavy atom. The molecule has 0 spiro atoms. The lowest BCUT2D eigenvalue weighted by Crippen LogP contribution is -2.48. The van der Waals surface area contributed by atoms with Crippen LogP contribution in [-0.4, -0.2) is 22.5 Å². The van der Waals surface area contributed by atoms with Crippen LogP contribution in [0.3, 0.4) is 0 Å². The summed E-state index contributed by atoms with van der Waals surface area (Å²) in [6, 6.07) is 5.38. The molecule has 1 aliphatic rings. The van der Waals surface area contributed by atoms with E-state index >= 15 is 0 Å². The summed E-state index contributed by atoms with van der Waals surface area (Å²) < 4.78 is 6.17. The average molecular weight is 367 g/mol. The maximum absolute atomic E-state index is 12.4. The standard InChI is InChI=1S/C14H11BrN2O3S/c1-14(12(19)17-13-16-4-5-21-13)7-8-2-3-9(15)6-10(8)11(18)20-14/h2-6H,7H2,1H3,(H,16,17,19)/t14-/m0/s1. The van der Waals surface area contributed by atoms with Crippen LogP contribution in [0.15, 0.2) is 34.2 Å². The van der Waals surface area contributed by atoms with Gasteiger partial charge in [-0.25, -0.2) is 9.78 Å². The van der Waals surface area contributed by atoms with Crippen molar-refractivity contribution in [3.8, 4) is 0 Å². The third kappa shape index (κ3) is 2.71. The molecular formula is C14H11BrN2O3S. The number of rotatable bonds is 2. The Hall–Kier alpha value is -1.73. The van der Waals surface area contributed by atoms with Crippen LogP contribution in [0.25, 0.3) is 0 Å². The Morgan fingerprint density at radius 2 is 2.33 bits per heavy atom. The molecule has 7 heteroatoms. The number of benzene rings is 1. The number of halogens is 1. The first-order valence-electron chi connectivity index (χ1n) is 6.21. The molecule has 0 saturated carbocycles. The quantitative estimate of drug-likeness (QED) is 0.829. The summed E-state index contributed by atoms with van der Waals surface area (Å²) in [6.07, 6.45) is 1.93. The Kier molecular flexibility index (Phi) is 3.54. The van der Waals surface area contributed by atoms with Gasteiger partial charge in [0.1, 0.15) is 0 Å². The van der Waals surface area contributed by atoms with Gasteiger partial charge in [-0.2, -0.15) is 0 Å². The second kappa shape index (κ2) is 5.23. The molecule has 1 aromatic heterocycles. The molecule has 0 saturated heterocycles. The second-order valence-corrected chi connectivity index (χ2v) is 6.70. The number of ether oxygens (including phenoxy) is 1. The van der Waals surface area contributed by atoms with Gasteiger partial charge < -0.3 is 4.74 Å². The van der Waals surface area contributed by atoms with E-state index in [1.165, 1.54) is 11.3 Å². The molecule has 1 amide bonds. The van der Waals surface area contributed by atoms with Gasteiger partial charge in [0.15, 0.2) is 10.7 Å². The van der Waals surface area contributed by atoms with Crippen LogP contribution in [0.5, 0.6) is 0 Å². The van der Waals surface area contributed by atoms with Gasteiger partial charge in [-0.15, -0.1) is 11.3 Å². The number of thiazole rings is 1. The van der Waals surface area contributed by atoms with Gasteiger partial charge >= 0.3 is 5.97 Å². The molecule has 5 nitrogen and oxygen atoms in total. The molecule has 2 aromatic rings. The molecular weight excluding hydrogens is 356 g/mol. The Morgan fingerprint density at radius 3 is 3.05 bits per heavy atom. The first-order chi connectivity index (χ1) is 9.98. The van der Waals surface area contributed by atoms with Gasteiger partial charge in [0.2, 0.25) is 0 Å². The number of fused-ring (bicyclic) bond motifs is 1. The molecule has 108 valence electrons. The number of nitrogens with one attached hydrogen (secondary N) is 1. The monoisotopic (exact) mass is 366 g/mol. The predicted molar refractivity (Wildman–Crippen MR) is 82.4 cm³/mol. The number of esters is 1. The van der Waals surface area contributed by atoms with Gasteiger partial charge in [-0.3, -0.25) is 10.1 Å². The number of amides is 1. The molecule has 0 radical (unpaired) electrons. The van der Waals surface area contributed by atoms with Gasteiger partial charge in [0, 0.05) is 22.5 Å². The molecule has 0 unspecified atom stereocenters. The van der Waals surface area contributed by atoms with Crippen LogP contribution in [0, 0.1) is 0 Å². The maximum Gasteiger partial charge on any atom is 0.339 e. The van der Waals surface area contributed by atoms with E-state index in [-0.39, 0.29) is 5.91 Å². The third-order valence-electron chi connectivity index (χ3n) is 3.27. The highest BCUT2D eigenvalue weighted by atomic mass is 79.9. The summed E-state index contributed by atoms with van der Waals surface area (Å²) in [5.41, 5.74) is 0.0546. The fraction of sp³-hybridized carbons (Fsp3) is 0.214. The lowest BCUT2D eigenvalue weighted by atomic mass is 9.89. The van der Waals surface area contributed by atoms with E-state index in [1.807, 2.05) is 12.1 Å². The number of aromatic nitrogens is 1. The lowest BCUT2D eigenvalue weighted by molar-refractivity contribution is -0.134. The van der Waals surface area contributed by atoms with E-state index in [1.54, 1.807) is 24.6 Å². The summed E-state index contributed by atoms with van der Waals surface area (Å²) >= 11 is 4.63.